The molecule has 2 N–H and O–H groups in total. The van der Waals surface area contributed by atoms with E-state index in [1.165, 1.54) is 0 Å². The second-order valence-electron chi connectivity index (χ2n) is 7.14. The molecule has 0 bridgehead atoms. The van der Waals surface area contributed by atoms with Gasteiger partial charge in [-0.15, -0.1) is 0 Å². The molecule has 0 aliphatic carbocycles. The molecule has 1 saturated heterocycles. The largest absolute Gasteiger partial charge is 0.337 e. The fourth-order valence-corrected chi connectivity index (χ4v) is 3.72. The highest BCUT2D eigenvalue weighted by atomic mass is 35.5. The number of aromatic nitrogens is 2. The zero-order valence-corrected chi connectivity index (χ0v) is 16.3. The first-order valence-corrected chi connectivity index (χ1v) is 9.94. The summed E-state index contributed by atoms with van der Waals surface area (Å²) in [6.45, 7) is 2.15. The van der Waals surface area contributed by atoms with Crippen molar-refractivity contribution < 1.29 is 4.79 Å². The van der Waals surface area contributed by atoms with E-state index < -0.39 is 0 Å². The lowest BCUT2D eigenvalue weighted by atomic mass is 9.97. The van der Waals surface area contributed by atoms with Crippen LogP contribution in [0.25, 0.3) is 16.9 Å². The van der Waals surface area contributed by atoms with Crippen LogP contribution in [0, 0.1) is 5.92 Å². The maximum atomic E-state index is 13.3. The summed E-state index contributed by atoms with van der Waals surface area (Å²) in [6, 6.07) is 19.1. The van der Waals surface area contributed by atoms with Crippen molar-refractivity contribution in [3.8, 4) is 16.9 Å². The number of carbonyl (C=O) groups is 1. The van der Waals surface area contributed by atoms with E-state index in [0.29, 0.717) is 23.2 Å². The van der Waals surface area contributed by atoms with Crippen LogP contribution >= 0.6 is 11.6 Å². The van der Waals surface area contributed by atoms with Crippen LogP contribution in [0.4, 0.5) is 0 Å². The van der Waals surface area contributed by atoms with Gasteiger partial charge in [0.2, 0.25) is 0 Å². The van der Waals surface area contributed by atoms with Gasteiger partial charge in [0.25, 0.3) is 5.91 Å². The molecular formula is C22H23ClN4O. The predicted octanol–water partition coefficient (Wildman–Crippen LogP) is 4.00. The minimum Gasteiger partial charge on any atom is -0.337 e. The Labute approximate surface area is 169 Å². The van der Waals surface area contributed by atoms with Gasteiger partial charge in [-0.25, -0.2) is 4.68 Å². The number of benzene rings is 2. The first kappa shape index (κ1) is 18.7. The van der Waals surface area contributed by atoms with Gasteiger partial charge in [0.05, 0.1) is 11.4 Å². The van der Waals surface area contributed by atoms with Crippen LogP contribution < -0.4 is 5.73 Å². The molecule has 0 saturated carbocycles. The lowest BCUT2D eigenvalue weighted by molar-refractivity contribution is 0.0684. The Balaban J connectivity index is 1.70. The van der Waals surface area contributed by atoms with Gasteiger partial charge in [0.1, 0.15) is 5.69 Å². The normalized spacial score (nSPS) is 15.0. The highest BCUT2D eigenvalue weighted by molar-refractivity contribution is 6.30. The quantitative estimate of drug-likeness (QED) is 0.727. The number of nitrogens with zero attached hydrogens (tertiary/aromatic N) is 3. The van der Waals surface area contributed by atoms with E-state index in [4.69, 9.17) is 22.4 Å². The molecule has 1 amide bonds. The zero-order valence-electron chi connectivity index (χ0n) is 15.6. The van der Waals surface area contributed by atoms with Gasteiger partial charge >= 0.3 is 0 Å². The van der Waals surface area contributed by atoms with Crippen LogP contribution in [0.15, 0.2) is 60.7 Å². The van der Waals surface area contributed by atoms with Crippen molar-refractivity contribution in [1.29, 1.82) is 0 Å². The Bertz CT molecular complexity index is 944. The molecule has 5 nitrogen and oxygen atoms in total. The van der Waals surface area contributed by atoms with Crippen LogP contribution in [0.1, 0.15) is 23.3 Å². The number of amides is 1. The molecular weight excluding hydrogens is 372 g/mol. The lowest BCUT2D eigenvalue weighted by Crippen LogP contribution is -2.40. The van der Waals surface area contributed by atoms with Crippen LogP contribution in [0.3, 0.4) is 0 Å². The topological polar surface area (TPSA) is 64.2 Å². The Morgan fingerprint density at radius 1 is 1.07 bits per heavy atom. The molecule has 0 radical (unpaired) electrons. The van der Waals surface area contributed by atoms with Crippen molar-refractivity contribution in [2.75, 3.05) is 19.6 Å². The van der Waals surface area contributed by atoms with Crippen molar-refractivity contribution in [3.63, 3.8) is 0 Å². The van der Waals surface area contributed by atoms with Gasteiger partial charge in [-0.05, 0) is 55.6 Å². The summed E-state index contributed by atoms with van der Waals surface area (Å²) in [5.41, 5.74) is 8.90. The Morgan fingerprint density at radius 3 is 2.39 bits per heavy atom. The lowest BCUT2D eigenvalue weighted by Gasteiger charge is -2.31. The standard InChI is InChI=1S/C22H23ClN4O/c23-18-8-6-17(7-9-18)20-14-21(27(25-20)19-4-2-1-3-5-19)22(28)26-12-10-16(15-24)11-13-26/h1-9,14,16H,10-13,15,24H2. The molecule has 144 valence electrons. The Kier molecular flexibility index (Phi) is 5.46. The molecule has 3 aromatic rings. The molecule has 1 aliphatic rings. The molecule has 4 rings (SSSR count). The summed E-state index contributed by atoms with van der Waals surface area (Å²) in [5.74, 6) is 0.514. The number of halogens is 1. The van der Waals surface area contributed by atoms with Crippen molar-refractivity contribution in [3.05, 3.63) is 71.4 Å². The van der Waals surface area contributed by atoms with E-state index in [1.54, 1.807) is 4.68 Å². The van der Waals surface area contributed by atoms with E-state index in [-0.39, 0.29) is 5.91 Å². The summed E-state index contributed by atoms with van der Waals surface area (Å²) >= 11 is 6.01. The number of hydrogen-bond acceptors (Lipinski definition) is 3. The third-order valence-corrected chi connectivity index (χ3v) is 5.56. The maximum absolute atomic E-state index is 13.3. The second kappa shape index (κ2) is 8.17. The van der Waals surface area contributed by atoms with Crippen molar-refractivity contribution in [2.45, 2.75) is 12.8 Å². The molecule has 28 heavy (non-hydrogen) atoms. The molecule has 6 heteroatoms. The average molecular weight is 395 g/mol. The molecule has 0 atom stereocenters. The third-order valence-electron chi connectivity index (χ3n) is 5.30. The van der Waals surface area contributed by atoms with Gasteiger partial charge in [0.15, 0.2) is 0 Å². The first-order chi connectivity index (χ1) is 13.7. The Morgan fingerprint density at radius 2 is 1.75 bits per heavy atom. The van der Waals surface area contributed by atoms with E-state index in [9.17, 15) is 4.79 Å². The van der Waals surface area contributed by atoms with Crippen LogP contribution in [-0.4, -0.2) is 40.2 Å². The minimum atomic E-state index is 0.00652. The molecule has 1 fully saturated rings. The average Bonchev–Trinajstić information content (AvgIpc) is 3.20. The van der Waals surface area contributed by atoms with E-state index >= 15 is 0 Å². The highest BCUT2D eigenvalue weighted by Crippen LogP contribution is 2.25. The van der Waals surface area contributed by atoms with Crippen LogP contribution in [0.2, 0.25) is 5.02 Å². The van der Waals surface area contributed by atoms with E-state index in [1.807, 2.05) is 65.6 Å². The molecule has 1 aromatic heterocycles. The number of nitrogens with two attached hydrogens (primary N) is 1. The van der Waals surface area contributed by atoms with E-state index in [2.05, 4.69) is 0 Å². The fraction of sp³-hybridized carbons (Fsp3) is 0.273. The van der Waals surface area contributed by atoms with Crippen molar-refractivity contribution in [1.82, 2.24) is 14.7 Å². The van der Waals surface area contributed by atoms with E-state index in [0.717, 1.165) is 42.9 Å². The second-order valence-corrected chi connectivity index (χ2v) is 7.58. The zero-order chi connectivity index (χ0) is 19.5. The van der Waals surface area contributed by atoms with Gasteiger partial charge in [-0.3, -0.25) is 4.79 Å². The number of para-hydroxylation sites is 1. The molecule has 2 aromatic carbocycles. The van der Waals surface area contributed by atoms with Crippen molar-refractivity contribution in [2.24, 2.45) is 11.7 Å². The Hall–Kier alpha value is -2.63. The number of rotatable bonds is 4. The summed E-state index contributed by atoms with van der Waals surface area (Å²) in [6.07, 6.45) is 1.90. The number of carbonyl (C=O) groups excluding carboxylic acids is 1. The summed E-state index contributed by atoms with van der Waals surface area (Å²) in [5, 5.41) is 5.41. The van der Waals surface area contributed by atoms with Crippen LogP contribution in [0.5, 0.6) is 0 Å². The SMILES string of the molecule is NCC1CCN(C(=O)c2cc(-c3ccc(Cl)cc3)nn2-c2ccccc2)CC1. The fourth-order valence-electron chi connectivity index (χ4n) is 3.59. The predicted molar refractivity (Wildman–Crippen MR) is 112 cm³/mol. The van der Waals surface area contributed by atoms with Crippen LogP contribution in [-0.2, 0) is 0 Å². The smallest absolute Gasteiger partial charge is 0.272 e. The highest BCUT2D eigenvalue weighted by Gasteiger charge is 2.26. The molecule has 1 aliphatic heterocycles. The first-order valence-electron chi connectivity index (χ1n) is 9.56. The summed E-state index contributed by atoms with van der Waals surface area (Å²) in [7, 11) is 0. The minimum absolute atomic E-state index is 0.00652. The number of hydrogen-bond donors (Lipinski definition) is 1. The van der Waals surface area contributed by atoms with Gasteiger partial charge in [-0.2, -0.15) is 5.10 Å². The number of likely N-dealkylation sites (tertiary alicyclic amines) is 1. The third kappa shape index (κ3) is 3.81. The van der Waals surface area contributed by atoms with Gasteiger partial charge in [0, 0.05) is 23.7 Å². The van der Waals surface area contributed by atoms with Gasteiger partial charge < -0.3 is 10.6 Å². The monoisotopic (exact) mass is 394 g/mol. The molecule has 0 spiro atoms. The maximum Gasteiger partial charge on any atom is 0.272 e. The van der Waals surface area contributed by atoms with Crippen molar-refractivity contribution >= 4 is 17.5 Å². The molecule has 0 unspecified atom stereocenters. The molecule has 2 heterocycles. The summed E-state index contributed by atoms with van der Waals surface area (Å²) in [4.78, 5) is 15.2. The summed E-state index contributed by atoms with van der Waals surface area (Å²) < 4.78 is 1.74. The number of piperidine rings is 1. The van der Waals surface area contributed by atoms with Gasteiger partial charge in [-0.1, -0.05) is 41.9 Å².